The number of nitrogens with zero attached hydrogens (tertiary/aromatic N) is 2. The van der Waals surface area contributed by atoms with Crippen molar-refractivity contribution in [2.24, 2.45) is 10.8 Å². The van der Waals surface area contributed by atoms with Crippen LogP contribution in [0, 0.1) is 0 Å². The number of hydrogen-bond donors (Lipinski definition) is 2. The van der Waals surface area contributed by atoms with Crippen molar-refractivity contribution in [1.29, 1.82) is 0 Å². The van der Waals surface area contributed by atoms with Crippen LogP contribution in [0.5, 0.6) is 5.75 Å². The van der Waals surface area contributed by atoms with Crippen molar-refractivity contribution in [2.75, 3.05) is 6.61 Å². The second kappa shape index (κ2) is 5.92. The molecule has 0 bridgehead atoms. The highest BCUT2D eigenvalue weighted by Gasteiger charge is 1.93. The van der Waals surface area contributed by atoms with E-state index in [1.807, 2.05) is 13.0 Å². The summed E-state index contributed by atoms with van der Waals surface area (Å²) >= 11 is 4.58. The van der Waals surface area contributed by atoms with Crippen molar-refractivity contribution in [2.45, 2.75) is 6.92 Å². The first-order valence-corrected chi connectivity index (χ1v) is 4.80. The van der Waals surface area contributed by atoms with E-state index in [1.54, 1.807) is 12.3 Å². The number of hydrazone groups is 1. The first-order valence-electron chi connectivity index (χ1n) is 4.39. The summed E-state index contributed by atoms with van der Waals surface area (Å²) in [7, 11) is 0. The molecule has 1 heterocycles. The Balaban J connectivity index is 2.56. The smallest absolute Gasteiger partial charge is 0.184 e. The standard InChI is InChI=1S/C9H12N4OS/c1-2-14-8-4-3-7(11-6-8)5-12-13-9(10)15/h3-6H,2H2,1H3,(H3,10,13,15)/b12-5+. The van der Waals surface area contributed by atoms with Crippen LogP contribution in [-0.2, 0) is 0 Å². The molecule has 0 radical (unpaired) electrons. The lowest BCUT2D eigenvalue weighted by Gasteiger charge is -2.01. The number of thiocarbonyl (C=S) groups is 1. The highest BCUT2D eigenvalue weighted by atomic mass is 32.1. The molecule has 15 heavy (non-hydrogen) atoms. The highest BCUT2D eigenvalue weighted by molar-refractivity contribution is 7.80. The molecule has 80 valence electrons. The first-order chi connectivity index (χ1) is 7.22. The molecule has 3 N–H and O–H groups in total. The number of hydrogen-bond acceptors (Lipinski definition) is 4. The molecule has 0 fully saturated rings. The molecule has 5 nitrogen and oxygen atoms in total. The molecule has 0 aliphatic rings. The average Bonchev–Trinajstić information content (AvgIpc) is 2.20. The summed E-state index contributed by atoms with van der Waals surface area (Å²) in [6.07, 6.45) is 3.15. The molecule has 0 saturated heterocycles. The summed E-state index contributed by atoms with van der Waals surface area (Å²) in [6, 6.07) is 3.61. The molecule has 1 aromatic heterocycles. The Hall–Kier alpha value is -1.69. The largest absolute Gasteiger partial charge is 0.492 e. The fraction of sp³-hybridized carbons (Fsp3) is 0.222. The summed E-state index contributed by atoms with van der Waals surface area (Å²) in [4.78, 5) is 4.10. The third-order valence-electron chi connectivity index (χ3n) is 1.44. The number of pyridine rings is 1. The number of aromatic nitrogens is 1. The third kappa shape index (κ3) is 4.37. The predicted molar refractivity (Wildman–Crippen MR) is 62.9 cm³/mol. The molecule has 1 aromatic rings. The van der Waals surface area contributed by atoms with E-state index in [2.05, 4.69) is 27.7 Å². The zero-order valence-corrected chi connectivity index (χ0v) is 9.12. The first kappa shape index (κ1) is 11.4. The SMILES string of the molecule is CCOc1ccc(/C=N/NC(N)=S)nc1. The van der Waals surface area contributed by atoms with E-state index in [0.29, 0.717) is 12.3 Å². The van der Waals surface area contributed by atoms with Crippen molar-refractivity contribution in [3.63, 3.8) is 0 Å². The van der Waals surface area contributed by atoms with Gasteiger partial charge in [-0.3, -0.25) is 10.4 Å². The van der Waals surface area contributed by atoms with Crippen LogP contribution < -0.4 is 15.9 Å². The lowest BCUT2D eigenvalue weighted by Crippen LogP contribution is -2.24. The minimum atomic E-state index is 0.122. The van der Waals surface area contributed by atoms with Crippen LogP contribution in [0.3, 0.4) is 0 Å². The van der Waals surface area contributed by atoms with Crippen LogP contribution in [-0.4, -0.2) is 22.9 Å². The van der Waals surface area contributed by atoms with Gasteiger partial charge >= 0.3 is 0 Å². The number of nitrogens with two attached hydrogens (primary N) is 1. The highest BCUT2D eigenvalue weighted by Crippen LogP contribution is 2.07. The van der Waals surface area contributed by atoms with Gasteiger partial charge in [0.1, 0.15) is 5.75 Å². The molecule has 0 aliphatic heterocycles. The summed E-state index contributed by atoms with van der Waals surface area (Å²) in [5, 5.41) is 3.89. The summed E-state index contributed by atoms with van der Waals surface area (Å²) in [5.41, 5.74) is 8.32. The Morgan fingerprint density at radius 1 is 1.73 bits per heavy atom. The van der Waals surface area contributed by atoms with Gasteiger partial charge in [0.2, 0.25) is 0 Å². The number of ether oxygens (including phenoxy) is 1. The Bertz CT molecular complexity index is 350. The van der Waals surface area contributed by atoms with Crippen molar-refractivity contribution < 1.29 is 4.74 Å². The Kier molecular flexibility index (Phi) is 4.49. The Morgan fingerprint density at radius 3 is 3.07 bits per heavy atom. The lowest BCUT2D eigenvalue weighted by atomic mass is 10.3. The van der Waals surface area contributed by atoms with Gasteiger partial charge < -0.3 is 10.5 Å². The molecular weight excluding hydrogens is 212 g/mol. The molecule has 0 amide bonds. The van der Waals surface area contributed by atoms with Gasteiger partial charge in [0.05, 0.1) is 24.7 Å². The molecule has 0 saturated carbocycles. The van der Waals surface area contributed by atoms with Gasteiger partial charge in [0.15, 0.2) is 5.11 Å². The van der Waals surface area contributed by atoms with E-state index in [9.17, 15) is 0 Å². The third-order valence-corrected chi connectivity index (χ3v) is 1.53. The minimum Gasteiger partial charge on any atom is -0.492 e. The van der Waals surface area contributed by atoms with Crippen molar-refractivity contribution >= 4 is 23.5 Å². The molecule has 1 rings (SSSR count). The van der Waals surface area contributed by atoms with Crippen molar-refractivity contribution in [3.05, 3.63) is 24.0 Å². The Morgan fingerprint density at radius 2 is 2.53 bits per heavy atom. The molecule has 0 unspecified atom stereocenters. The van der Waals surface area contributed by atoms with Crippen molar-refractivity contribution in [3.8, 4) is 5.75 Å². The quantitative estimate of drug-likeness (QED) is 0.446. The fourth-order valence-electron chi connectivity index (χ4n) is 0.882. The molecule has 6 heteroatoms. The zero-order valence-electron chi connectivity index (χ0n) is 8.30. The van der Waals surface area contributed by atoms with Crippen LogP contribution in [0.15, 0.2) is 23.4 Å². The van der Waals surface area contributed by atoms with Crippen LogP contribution >= 0.6 is 12.2 Å². The number of rotatable bonds is 4. The predicted octanol–water partition coefficient (Wildman–Crippen LogP) is 0.647. The van der Waals surface area contributed by atoms with Crippen LogP contribution in [0.2, 0.25) is 0 Å². The molecule has 0 aromatic carbocycles. The van der Waals surface area contributed by atoms with Gasteiger partial charge in [-0.1, -0.05) is 0 Å². The molecule has 0 aliphatic carbocycles. The van der Waals surface area contributed by atoms with E-state index < -0.39 is 0 Å². The van der Waals surface area contributed by atoms with Crippen LogP contribution in [0.4, 0.5) is 0 Å². The maximum Gasteiger partial charge on any atom is 0.184 e. The van der Waals surface area contributed by atoms with Gasteiger partial charge in [0, 0.05) is 0 Å². The van der Waals surface area contributed by atoms with E-state index in [-0.39, 0.29) is 5.11 Å². The second-order valence-electron chi connectivity index (χ2n) is 2.59. The topological polar surface area (TPSA) is 72.5 Å². The summed E-state index contributed by atoms with van der Waals surface area (Å²) in [6.45, 7) is 2.54. The molecule has 0 atom stereocenters. The summed E-state index contributed by atoms with van der Waals surface area (Å²) in [5.74, 6) is 0.733. The lowest BCUT2D eigenvalue weighted by molar-refractivity contribution is 0.339. The van der Waals surface area contributed by atoms with Gasteiger partial charge in [-0.25, -0.2) is 0 Å². The maximum atomic E-state index is 5.24. The van der Waals surface area contributed by atoms with E-state index in [4.69, 9.17) is 10.5 Å². The van der Waals surface area contributed by atoms with E-state index in [1.165, 1.54) is 6.21 Å². The van der Waals surface area contributed by atoms with Crippen LogP contribution in [0.25, 0.3) is 0 Å². The van der Waals surface area contributed by atoms with Crippen molar-refractivity contribution in [1.82, 2.24) is 10.4 Å². The van der Waals surface area contributed by atoms with Gasteiger partial charge in [-0.2, -0.15) is 5.10 Å². The second-order valence-corrected chi connectivity index (χ2v) is 3.03. The monoisotopic (exact) mass is 224 g/mol. The molecule has 0 spiro atoms. The normalized spacial score (nSPS) is 10.2. The van der Waals surface area contributed by atoms with E-state index >= 15 is 0 Å². The average molecular weight is 224 g/mol. The van der Waals surface area contributed by atoms with Gasteiger partial charge in [-0.05, 0) is 31.3 Å². The number of nitrogens with one attached hydrogen (secondary N) is 1. The van der Waals surface area contributed by atoms with E-state index in [0.717, 1.165) is 5.75 Å². The molecular formula is C9H12N4OS. The maximum absolute atomic E-state index is 5.24. The zero-order chi connectivity index (χ0) is 11.1. The van der Waals surface area contributed by atoms with Crippen LogP contribution in [0.1, 0.15) is 12.6 Å². The van der Waals surface area contributed by atoms with Gasteiger partial charge in [0.25, 0.3) is 0 Å². The summed E-state index contributed by atoms with van der Waals surface area (Å²) < 4.78 is 5.24. The Labute approximate surface area is 93.3 Å². The fourth-order valence-corrected chi connectivity index (χ4v) is 0.935. The van der Waals surface area contributed by atoms with Gasteiger partial charge in [-0.15, -0.1) is 0 Å². The minimum absolute atomic E-state index is 0.122.